The molecule has 2 rings (SSSR count). The van der Waals surface area contributed by atoms with Gasteiger partial charge in [0.15, 0.2) is 5.96 Å². The van der Waals surface area contributed by atoms with Crippen molar-refractivity contribution in [1.29, 1.82) is 5.26 Å². The van der Waals surface area contributed by atoms with Crippen molar-refractivity contribution in [1.82, 2.24) is 5.32 Å². The summed E-state index contributed by atoms with van der Waals surface area (Å²) in [6.45, 7) is 0. The van der Waals surface area contributed by atoms with Crippen LogP contribution in [0.25, 0.3) is 0 Å². The Balaban J connectivity index is 2.47. The van der Waals surface area contributed by atoms with E-state index in [0.29, 0.717) is 5.57 Å². The van der Waals surface area contributed by atoms with E-state index in [2.05, 4.69) is 16.4 Å². The smallest absolute Gasteiger partial charge is 0.195 e. The molecule has 16 heavy (non-hydrogen) atoms. The minimum absolute atomic E-state index is 0.227. The molecule has 80 valence electrons. The molecule has 1 aliphatic rings. The van der Waals surface area contributed by atoms with Crippen molar-refractivity contribution in [3.05, 3.63) is 47.3 Å². The maximum atomic E-state index is 9.04. The summed E-state index contributed by atoms with van der Waals surface area (Å²) in [6, 6.07) is 11.1. The van der Waals surface area contributed by atoms with Gasteiger partial charge in [-0.15, -0.1) is 0 Å². The highest BCUT2D eigenvalue weighted by atomic mass is 15.2. The Morgan fingerprint density at radius 3 is 2.56 bits per heavy atom. The van der Waals surface area contributed by atoms with E-state index in [1.807, 2.05) is 30.3 Å². The summed E-state index contributed by atoms with van der Waals surface area (Å²) in [5.41, 5.74) is 12.6. The number of nitrogens with two attached hydrogens (primary N) is 2. The third-order valence-corrected chi connectivity index (χ3v) is 2.33. The summed E-state index contributed by atoms with van der Waals surface area (Å²) in [7, 11) is 0. The second-order valence-electron chi connectivity index (χ2n) is 3.39. The maximum Gasteiger partial charge on any atom is 0.195 e. The monoisotopic (exact) mass is 213 g/mol. The van der Waals surface area contributed by atoms with Gasteiger partial charge in [-0.3, -0.25) is 0 Å². The van der Waals surface area contributed by atoms with E-state index in [-0.39, 0.29) is 11.8 Å². The van der Waals surface area contributed by atoms with Crippen molar-refractivity contribution in [2.24, 2.45) is 16.5 Å². The lowest BCUT2D eigenvalue weighted by molar-refractivity contribution is 0.795. The van der Waals surface area contributed by atoms with Crippen LogP contribution in [0.1, 0.15) is 11.6 Å². The standard InChI is InChI=1S/C11H11N5/c12-6-8-9(7-4-2-1-3-5-7)15-11(14)16-10(8)13/h1-5,9H,13H2,(H3,14,15,16)/t9-/m1/s1. The van der Waals surface area contributed by atoms with Crippen LogP contribution >= 0.6 is 0 Å². The fourth-order valence-electron chi connectivity index (χ4n) is 1.59. The molecule has 1 aromatic rings. The average molecular weight is 213 g/mol. The van der Waals surface area contributed by atoms with Gasteiger partial charge in [-0.2, -0.15) is 5.26 Å². The van der Waals surface area contributed by atoms with Crippen LogP contribution in [-0.4, -0.2) is 5.96 Å². The highest BCUT2D eigenvalue weighted by molar-refractivity contribution is 5.82. The zero-order valence-electron chi connectivity index (χ0n) is 8.51. The molecule has 0 aromatic heterocycles. The van der Waals surface area contributed by atoms with Crippen LogP contribution in [0.3, 0.4) is 0 Å². The van der Waals surface area contributed by atoms with E-state index in [9.17, 15) is 0 Å². The first kappa shape index (κ1) is 10.1. The quantitative estimate of drug-likeness (QED) is 0.626. The zero-order valence-corrected chi connectivity index (χ0v) is 8.51. The number of hydrogen-bond acceptors (Lipinski definition) is 5. The molecule has 0 radical (unpaired) electrons. The van der Waals surface area contributed by atoms with Gasteiger partial charge >= 0.3 is 0 Å². The molecular weight excluding hydrogens is 202 g/mol. The second kappa shape index (κ2) is 3.95. The van der Waals surface area contributed by atoms with Crippen LogP contribution in [0.5, 0.6) is 0 Å². The van der Waals surface area contributed by atoms with Gasteiger partial charge in [0, 0.05) is 0 Å². The van der Waals surface area contributed by atoms with Crippen molar-refractivity contribution >= 4 is 5.96 Å². The van der Waals surface area contributed by atoms with E-state index < -0.39 is 6.04 Å². The molecule has 5 N–H and O–H groups in total. The summed E-state index contributed by atoms with van der Waals surface area (Å²) in [6.07, 6.45) is 0. The third kappa shape index (κ3) is 1.68. The van der Waals surface area contributed by atoms with Gasteiger partial charge in [0.1, 0.15) is 17.9 Å². The fourth-order valence-corrected chi connectivity index (χ4v) is 1.59. The van der Waals surface area contributed by atoms with Crippen LogP contribution in [-0.2, 0) is 0 Å². The highest BCUT2D eigenvalue weighted by Gasteiger charge is 2.23. The number of nitriles is 1. The molecule has 0 amide bonds. The Kier molecular flexibility index (Phi) is 2.48. The number of nitrogens with one attached hydrogen (secondary N) is 1. The summed E-state index contributed by atoms with van der Waals surface area (Å²) >= 11 is 0. The fraction of sp³-hybridized carbons (Fsp3) is 0.0909. The first-order chi connectivity index (χ1) is 7.72. The first-order valence-electron chi connectivity index (χ1n) is 4.77. The lowest BCUT2D eigenvalue weighted by atomic mass is 9.99. The molecule has 5 nitrogen and oxygen atoms in total. The zero-order chi connectivity index (χ0) is 11.5. The van der Waals surface area contributed by atoms with Crippen LogP contribution in [0.15, 0.2) is 46.7 Å². The molecule has 5 heteroatoms. The summed E-state index contributed by atoms with van der Waals surface area (Å²) < 4.78 is 0. The van der Waals surface area contributed by atoms with Gasteiger partial charge in [-0.1, -0.05) is 30.3 Å². The maximum absolute atomic E-state index is 9.04. The van der Waals surface area contributed by atoms with E-state index in [1.54, 1.807) is 0 Å². The molecule has 0 saturated heterocycles. The highest BCUT2D eigenvalue weighted by Crippen LogP contribution is 2.27. The Bertz CT molecular complexity index is 495. The van der Waals surface area contributed by atoms with Gasteiger partial charge in [0.25, 0.3) is 0 Å². The van der Waals surface area contributed by atoms with Crippen LogP contribution in [0.4, 0.5) is 0 Å². The van der Waals surface area contributed by atoms with E-state index in [1.165, 1.54) is 0 Å². The largest absolute Gasteiger partial charge is 0.384 e. The van der Waals surface area contributed by atoms with Crippen molar-refractivity contribution < 1.29 is 0 Å². The number of guanidine groups is 1. The Hall–Kier alpha value is -2.48. The number of rotatable bonds is 1. The summed E-state index contributed by atoms with van der Waals surface area (Å²) in [5, 5.41) is 11.7. The number of aliphatic imine (C=N–C) groups is 1. The lowest BCUT2D eigenvalue weighted by Crippen LogP contribution is -2.39. The summed E-state index contributed by atoms with van der Waals surface area (Å²) in [5.74, 6) is 0.495. The molecule has 0 bridgehead atoms. The van der Waals surface area contributed by atoms with E-state index >= 15 is 0 Å². The van der Waals surface area contributed by atoms with Gasteiger partial charge in [-0.25, -0.2) is 4.99 Å². The van der Waals surface area contributed by atoms with E-state index in [0.717, 1.165) is 5.56 Å². The minimum atomic E-state index is -0.410. The molecule has 1 aromatic carbocycles. The van der Waals surface area contributed by atoms with Gasteiger partial charge in [0.05, 0.1) is 5.57 Å². The molecule has 0 aliphatic carbocycles. The molecule has 1 aliphatic heterocycles. The number of hydrogen-bond donors (Lipinski definition) is 3. The van der Waals surface area contributed by atoms with Crippen molar-refractivity contribution in [2.45, 2.75) is 6.04 Å². The molecule has 0 spiro atoms. The van der Waals surface area contributed by atoms with Gasteiger partial charge < -0.3 is 16.8 Å². The lowest BCUT2D eigenvalue weighted by Gasteiger charge is -2.20. The van der Waals surface area contributed by atoms with Gasteiger partial charge in [0.2, 0.25) is 0 Å². The molecular formula is C11H11N5. The Labute approximate surface area is 93.1 Å². The number of nitrogens with zero attached hydrogens (tertiary/aromatic N) is 2. The van der Waals surface area contributed by atoms with Crippen LogP contribution < -0.4 is 16.8 Å². The number of benzene rings is 1. The van der Waals surface area contributed by atoms with E-state index in [4.69, 9.17) is 16.7 Å². The Morgan fingerprint density at radius 2 is 1.94 bits per heavy atom. The van der Waals surface area contributed by atoms with Crippen molar-refractivity contribution in [2.75, 3.05) is 0 Å². The molecule has 0 saturated carbocycles. The predicted molar refractivity (Wildman–Crippen MR) is 60.8 cm³/mol. The third-order valence-electron chi connectivity index (χ3n) is 2.33. The van der Waals surface area contributed by atoms with Crippen LogP contribution in [0.2, 0.25) is 0 Å². The Morgan fingerprint density at radius 1 is 1.25 bits per heavy atom. The van der Waals surface area contributed by atoms with Crippen molar-refractivity contribution in [3.8, 4) is 6.07 Å². The average Bonchev–Trinajstić information content (AvgIpc) is 2.29. The molecule has 0 fully saturated rings. The van der Waals surface area contributed by atoms with Crippen LogP contribution in [0, 0.1) is 11.3 Å². The second-order valence-corrected chi connectivity index (χ2v) is 3.39. The van der Waals surface area contributed by atoms with Crippen molar-refractivity contribution in [3.63, 3.8) is 0 Å². The summed E-state index contributed by atoms with van der Waals surface area (Å²) in [4.78, 5) is 4.18. The first-order valence-corrected chi connectivity index (χ1v) is 4.77. The normalized spacial score (nSPS) is 19.7. The molecule has 1 heterocycles. The SMILES string of the molecule is N#CC1=C(N)NC(N)=N[C@@H]1c1ccccc1. The molecule has 1 atom stereocenters. The minimum Gasteiger partial charge on any atom is -0.384 e. The molecule has 0 unspecified atom stereocenters. The topological polar surface area (TPSA) is 100 Å². The van der Waals surface area contributed by atoms with Gasteiger partial charge in [-0.05, 0) is 5.56 Å². The predicted octanol–water partition coefficient (Wildman–Crippen LogP) is 0.339.